The van der Waals surface area contributed by atoms with Gasteiger partial charge in [0.15, 0.2) is 0 Å². The predicted octanol–water partition coefficient (Wildman–Crippen LogP) is -0.900. The van der Waals surface area contributed by atoms with Crippen molar-refractivity contribution in [2.75, 3.05) is 26.2 Å². The highest BCUT2D eigenvalue weighted by Gasteiger charge is 2.35. The number of hydrogen-bond acceptors (Lipinski definition) is 4. The largest absolute Gasteiger partial charge is 0.366 e. The van der Waals surface area contributed by atoms with Crippen LogP contribution < -0.4 is 10.6 Å². The van der Waals surface area contributed by atoms with E-state index in [0.29, 0.717) is 26.1 Å². The molecule has 6 nitrogen and oxygen atoms in total. The molecule has 0 bridgehead atoms. The maximum absolute atomic E-state index is 12.0. The minimum absolute atomic E-state index is 0.0159. The minimum Gasteiger partial charge on any atom is -0.366 e. The molecule has 2 amide bonds. The number of rotatable bonds is 3. The first-order valence-electron chi connectivity index (χ1n) is 6.52. The normalized spacial score (nSPS) is 28.8. The van der Waals surface area contributed by atoms with Crippen molar-refractivity contribution in [1.29, 1.82) is 0 Å². The van der Waals surface area contributed by atoms with Gasteiger partial charge in [-0.05, 0) is 20.3 Å². The first-order chi connectivity index (χ1) is 8.59. The van der Waals surface area contributed by atoms with Crippen LogP contribution in [0.2, 0.25) is 0 Å². The predicted molar refractivity (Wildman–Crippen MR) is 66.0 cm³/mol. The van der Waals surface area contributed by atoms with Crippen molar-refractivity contribution >= 4 is 11.8 Å². The quantitative estimate of drug-likeness (QED) is 0.686. The lowest BCUT2D eigenvalue weighted by Crippen LogP contribution is -2.52. The molecule has 0 aromatic heterocycles. The van der Waals surface area contributed by atoms with Gasteiger partial charge in [0.25, 0.3) is 5.91 Å². The number of likely N-dealkylation sites (tertiary alicyclic amines) is 1. The van der Waals surface area contributed by atoms with E-state index < -0.39 is 6.10 Å². The maximum atomic E-state index is 12.0. The van der Waals surface area contributed by atoms with Crippen LogP contribution in [0.4, 0.5) is 0 Å². The fourth-order valence-corrected chi connectivity index (χ4v) is 2.35. The number of ether oxygens (including phenoxy) is 1. The zero-order valence-electron chi connectivity index (χ0n) is 10.9. The van der Waals surface area contributed by atoms with Crippen LogP contribution in [-0.2, 0) is 14.3 Å². The molecule has 2 aliphatic rings. The molecule has 18 heavy (non-hydrogen) atoms. The zero-order chi connectivity index (χ0) is 13.1. The van der Waals surface area contributed by atoms with E-state index in [1.807, 2.05) is 13.8 Å². The van der Waals surface area contributed by atoms with E-state index in [0.717, 1.165) is 6.54 Å². The molecule has 2 saturated heterocycles. The van der Waals surface area contributed by atoms with Gasteiger partial charge in [-0.1, -0.05) is 0 Å². The van der Waals surface area contributed by atoms with Gasteiger partial charge in [0.05, 0.1) is 6.61 Å². The number of nitrogens with one attached hydrogen (secondary N) is 2. The van der Waals surface area contributed by atoms with Crippen LogP contribution >= 0.6 is 0 Å². The molecular formula is C12H21N3O3. The molecule has 2 rings (SSSR count). The van der Waals surface area contributed by atoms with E-state index in [-0.39, 0.29) is 23.9 Å². The smallest absolute Gasteiger partial charge is 0.251 e. The summed E-state index contributed by atoms with van der Waals surface area (Å²) in [6.07, 6.45) is 0.211. The molecule has 2 atom stereocenters. The zero-order valence-corrected chi connectivity index (χ0v) is 10.9. The summed E-state index contributed by atoms with van der Waals surface area (Å²) in [5.74, 6) is -0.173. The monoisotopic (exact) mass is 255 g/mol. The molecule has 102 valence electrons. The fraction of sp³-hybridized carbons (Fsp3) is 0.833. The third-order valence-electron chi connectivity index (χ3n) is 3.40. The molecule has 0 aromatic carbocycles. The van der Waals surface area contributed by atoms with E-state index in [9.17, 15) is 9.59 Å². The van der Waals surface area contributed by atoms with Crippen LogP contribution in [0.15, 0.2) is 0 Å². The molecule has 0 radical (unpaired) electrons. The Morgan fingerprint density at radius 1 is 1.56 bits per heavy atom. The second kappa shape index (κ2) is 5.67. The van der Waals surface area contributed by atoms with Gasteiger partial charge in [0.1, 0.15) is 12.1 Å². The van der Waals surface area contributed by atoms with Crippen molar-refractivity contribution in [3.8, 4) is 0 Å². The summed E-state index contributed by atoms with van der Waals surface area (Å²) in [7, 11) is 0. The van der Waals surface area contributed by atoms with Crippen molar-refractivity contribution in [1.82, 2.24) is 15.5 Å². The first kappa shape index (κ1) is 13.3. The Morgan fingerprint density at radius 3 is 2.89 bits per heavy atom. The van der Waals surface area contributed by atoms with Crippen LogP contribution in [0.5, 0.6) is 0 Å². The second-order valence-electron chi connectivity index (χ2n) is 5.04. The van der Waals surface area contributed by atoms with E-state index in [1.165, 1.54) is 0 Å². The Kier molecular flexibility index (Phi) is 4.19. The average molecular weight is 255 g/mol. The van der Waals surface area contributed by atoms with Crippen LogP contribution in [0.3, 0.4) is 0 Å². The Hall–Kier alpha value is -1.14. The molecule has 2 N–H and O–H groups in total. The van der Waals surface area contributed by atoms with Crippen molar-refractivity contribution in [2.45, 2.75) is 38.5 Å². The Labute approximate surface area is 107 Å². The standard InChI is InChI=1S/C12H21N3O3/c1-8(2)15-5-3-9(12(15)17)14-11(16)10-7-13-4-6-18-10/h8-10,13H,3-7H2,1-2H3,(H,14,16). The topological polar surface area (TPSA) is 70.7 Å². The number of hydrogen-bond donors (Lipinski definition) is 2. The van der Waals surface area contributed by atoms with Crippen LogP contribution in [0, 0.1) is 0 Å². The number of amides is 2. The van der Waals surface area contributed by atoms with Gasteiger partial charge in [-0.15, -0.1) is 0 Å². The first-order valence-corrected chi connectivity index (χ1v) is 6.52. The summed E-state index contributed by atoms with van der Waals surface area (Å²) in [6.45, 7) is 6.50. The van der Waals surface area contributed by atoms with E-state index in [2.05, 4.69) is 10.6 Å². The third-order valence-corrected chi connectivity index (χ3v) is 3.40. The molecular weight excluding hydrogens is 234 g/mol. The third kappa shape index (κ3) is 2.81. The lowest BCUT2D eigenvalue weighted by molar-refractivity contribution is -0.139. The second-order valence-corrected chi connectivity index (χ2v) is 5.04. The molecule has 0 saturated carbocycles. The lowest BCUT2D eigenvalue weighted by atomic mass is 10.2. The fourth-order valence-electron chi connectivity index (χ4n) is 2.35. The highest BCUT2D eigenvalue weighted by atomic mass is 16.5. The number of morpholine rings is 1. The number of carbonyl (C=O) groups excluding carboxylic acids is 2. The van der Waals surface area contributed by atoms with Crippen molar-refractivity contribution in [3.05, 3.63) is 0 Å². The lowest BCUT2D eigenvalue weighted by Gasteiger charge is -2.24. The van der Waals surface area contributed by atoms with Gasteiger partial charge >= 0.3 is 0 Å². The van der Waals surface area contributed by atoms with Gasteiger partial charge in [-0.2, -0.15) is 0 Å². The van der Waals surface area contributed by atoms with Crippen LogP contribution in [0.25, 0.3) is 0 Å². The molecule has 2 fully saturated rings. The molecule has 0 spiro atoms. The summed E-state index contributed by atoms with van der Waals surface area (Å²) in [6, 6.07) is -0.197. The summed E-state index contributed by atoms with van der Waals surface area (Å²) in [5.41, 5.74) is 0. The van der Waals surface area contributed by atoms with Gasteiger partial charge in [0, 0.05) is 25.7 Å². The summed E-state index contributed by atoms with van der Waals surface area (Å²) in [4.78, 5) is 25.7. The van der Waals surface area contributed by atoms with Gasteiger partial charge < -0.3 is 20.3 Å². The Morgan fingerprint density at radius 2 is 2.33 bits per heavy atom. The van der Waals surface area contributed by atoms with Gasteiger partial charge in [0.2, 0.25) is 5.91 Å². The van der Waals surface area contributed by atoms with Gasteiger partial charge in [-0.3, -0.25) is 9.59 Å². The molecule has 0 aliphatic carbocycles. The van der Waals surface area contributed by atoms with E-state index in [1.54, 1.807) is 4.90 Å². The van der Waals surface area contributed by atoms with Crippen LogP contribution in [-0.4, -0.2) is 61.1 Å². The highest BCUT2D eigenvalue weighted by Crippen LogP contribution is 2.14. The van der Waals surface area contributed by atoms with Crippen LogP contribution in [0.1, 0.15) is 20.3 Å². The van der Waals surface area contributed by atoms with Crippen molar-refractivity contribution < 1.29 is 14.3 Å². The summed E-state index contributed by atoms with van der Waals surface area (Å²) >= 11 is 0. The highest BCUT2D eigenvalue weighted by molar-refractivity contribution is 5.90. The van der Waals surface area contributed by atoms with Gasteiger partial charge in [-0.25, -0.2) is 0 Å². The molecule has 2 aliphatic heterocycles. The summed E-state index contributed by atoms with van der Waals surface area (Å²) < 4.78 is 5.36. The summed E-state index contributed by atoms with van der Waals surface area (Å²) in [5, 5.41) is 5.89. The SMILES string of the molecule is CC(C)N1CCC(NC(=O)C2CNCCO2)C1=O. The average Bonchev–Trinajstić information content (AvgIpc) is 2.72. The van der Waals surface area contributed by atoms with Crippen molar-refractivity contribution in [3.63, 3.8) is 0 Å². The Bertz CT molecular complexity index is 327. The minimum atomic E-state index is -0.473. The van der Waals surface area contributed by atoms with E-state index in [4.69, 9.17) is 4.74 Å². The maximum Gasteiger partial charge on any atom is 0.251 e. The Balaban J connectivity index is 1.86. The molecule has 2 unspecified atom stereocenters. The van der Waals surface area contributed by atoms with E-state index >= 15 is 0 Å². The van der Waals surface area contributed by atoms with Crippen molar-refractivity contribution in [2.24, 2.45) is 0 Å². The number of carbonyl (C=O) groups is 2. The molecule has 6 heteroatoms. The molecule has 2 heterocycles. The molecule has 0 aromatic rings. The number of nitrogens with zero attached hydrogens (tertiary/aromatic N) is 1.